The summed E-state index contributed by atoms with van der Waals surface area (Å²) in [6.45, 7) is 6.79. The van der Waals surface area contributed by atoms with Crippen LogP contribution in [0.4, 0.5) is 11.6 Å². The van der Waals surface area contributed by atoms with Crippen molar-refractivity contribution in [3.63, 3.8) is 0 Å². The lowest BCUT2D eigenvalue weighted by molar-refractivity contribution is 0.232. The molecule has 3 N–H and O–H groups in total. The maximum absolute atomic E-state index is 5.89. The molecule has 1 aromatic heterocycles. The van der Waals surface area contributed by atoms with Gasteiger partial charge in [-0.3, -0.25) is 0 Å². The average molecular weight is 248 g/mol. The van der Waals surface area contributed by atoms with Gasteiger partial charge in [-0.25, -0.2) is 9.97 Å². The van der Waals surface area contributed by atoms with Gasteiger partial charge < -0.3 is 11.1 Å². The number of nitrogens with zero attached hydrogens (tertiary/aromatic N) is 2. The van der Waals surface area contributed by atoms with Gasteiger partial charge in [-0.05, 0) is 37.5 Å². The Labute approximate surface area is 109 Å². The van der Waals surface area contributed by atoms with Gasteiger partial charge in [0.05, 0.1) is 0 Å². The number of hydrogen-bond acceptors (Lipinski definition) is 4. The summed E-state index contributed by atoms with van der Waals surface area (Å²) in [5.74, 6) is 1.53. The molecular formula is C14H24N4. The summed E-state index contributed by atoms with van der Waals surface area (Å²) < 4.78 is 0. The van der Waals surface area contributed by atoms with Crippen molar-refractivity contribution < 1.29 is 0 Å². The highest BCUT2D eigenvalue weighted by Crippen LogP contribution is 2.36. The SMILES string of the molecule is CCc1c(N)ncnc1NC1CCC(C)(C)CC1. The first kappa shape index (κ1) is 13.1. The minimum Gasteiger partial charge on any atom is -0.383 e. The predicted molar refractivity (Wildman–Crippen MR) is 75.5 cm³/mol. The summed E-state index contributed by atoms with van der Waals surface area (Å²) in [4.78, 5) is 8.39. The summed E-state index contributed by atoms with van der Waals surface area (Å²) in [6.07, 6.45) is 7.37. The Morgan fingerprint density at radius 1 is 1.33 bits per heavy atom. The minimum absolute atomic E-state index is 0.496. The van der Waals surface area contributed by atoms with Gasteiger partial charge in [0.2, 0.25) is 0 Å². The highest BCUT2D eigenvalue weighted by atomic mass is 15.1. The summed E-state index contributed by atoms with van der Waals surface area (Å²) in [6, 6.07) is 0.526. The van der Waals surface area contributed by atoms with Gasteiger partial charge in [0.25, 0.3) is 0 Å². The number of hydrogen-bond donors (Lipinski definition) is 2. The predicted octanol–water partition coefficient (Wildman–Crippen LogP) is 3.00. The van der Waals surface area contributed by atoms with E-state index in [1.165, 1.54) is 25.7 Å². The largest absolute Gasteiger partial charge is 0.383 e. The fourth-order valence-electron chi connectivity index (χ4n) is 2.64. The van der Waals surface area contributed by atoms with Gasteiger partial charge in [-0.2, -0.15) is 0 Å². The van der Waals surface area contributed by atoms with Crippen molar-refractivity contribution in [2.45, 2.75) is 58.9 Å². The van der Waals surface area contributed by atoms with Crippen LogP contribution in [0.5, 0.6) is 0 Å². The molecule has 4 nitrogen and oxygen atoms in total. The van der Waals surface area contributed by atoms with Crippen molar-refractivity contribution in [2.75, 3.05) is 11.1 Å². The Bertz CT molecular complexity index is 404. The minimum atomic E-state index is 0.496. The lowest BCUT2D eigenvalue weighted by atomic mass is 9.75. The van der Waals surface area contributed by atoms with Crippen LogP contribution in [-0.2, 0) is 6.42 Å². The second-order valence-electron chi connectivity index (χ2n) is 6.02. The van der Waals surface area contributed by atoms with E-state index in [4.69, 9.17) is 5.73 Å². The molecule has 0 spiro atoms. The third-order valence-corrected chi connectivity index (χ3v) is 4.01. The van der Waals surface area contributed by atoms with Gasteiger partial charge in [0.1, 0.15) is 18.0 Å². The molecule has 1 heterocycles. The fourth-order valence-corrected chi connectivity index (χ4v) is 2.64. The Kier molecular flexibility index (Phi) is 3.73. The molecule has 0 bridgehead atoms. The summed E-state index contributed by atoms with van der Waals surface area (Å²) >= 11 is 0. The van der Waals surface area contributed by atoms with Crippen LogP contribution in [0.25, 0.3) is 0 Å². The molecule has 4 heteroatoms. The Balaban J connectivity index is 2.04. The first-order valence-electron chi connectivity index (χ1n) is 6.88. The first-order chi connectivity index (χ1) is 8.52. The highest BCUT2D eigenvalue weighted by Gasteiger charge is 2.27. The van der Waals surface area contributed by atoms with Crippen LogP contribution in [0.15, 0.2) is 6.33 Å². The quantitative estimate of drug-likeness (QED) is 0.863. The number of nitrogens with two attached hydrogens (primary N) is 1. The third-order valence-electron chi connectivity index (χ3n) is 4.01. The van der Waals surface area contributed by atoms with E-state index in [0.717, 1.165) is 17.8 Å². The zero-order chi connectivity index (χ0) is 13.2. The molecule has 1 fully saturated rings. The second kappa shape index (κ2) is 5.12. The summed E-state index contributed by atoms with van der Waals surface area (Å²) in [5.41, 5.74) is 7.43. The number of aromatic nitrogens is 2. The molecule has 18 heavy (non-hydrogen) atoms. The van der Waals surface area contributed by atoms with Crippen LogP contribution in [0.2, 0.25) is 0 Å². The van der Waals surface area contributed by atoms with E-state index < -0.39 is 0 Å². The molecule has 1 aliphatic carbocycles. The Hall–Kier alpha value is -1.32. The van der Waals surface area contributed by atoms with E-state index in [1.54, 1.807) is 6.33 Å². The zero-order valence-electron chi connectivity index (χ0n) is 11.7. The zero-order valence-corrected chi connectivity index (χ0v) is 11.7. The average Bonchev–Trinajstić information content (AvgIpc) is 2.32. The standard InChI is InChI=1S/C14H24N4/c1-4-11-12(15)16-9-17-13(11)18-10-5-7-14(2,3)8-6-10/h9-10H,4-8H2,1-3H3,(H3,15,16,17,18). The van der Waals surface area contributed by atoms with Crippen molar-refractivity contribution >= 4 is 11.6 Å². The summed E-state index contributed by atoms with van der Waals surface area (Å²) in [7, 11) is 0. The maximum atomic E-state index is 5.89. The Morgan fingerprint density at radius 2 is 2.00 bits per heavy atom. The monoisotopic (exact) mass is 248 g/mol. The molecule has 100 valence electrons. The second-order valence-corrected chi connectivity index (χ2v) is 6.02. The lowest BCUT2D eigenvalue weighted by Gasteiger charge is -2.35. The lowest BCUT2D eigenvalue weighted by Crippen LogP contribution is -2.30. The fraction of sp³-hybridized carbons (Fsp3) is 0.714. The molecule has 0 aromatic carbocycles. The van der Waals surface area contributed by atoms with Gasteiger partial charge in [-0.15, -0.1) is 0 Å². The molecule has 0 aliphatic heterocycles. The van der Waals surface area contributed by atoms with E-state index in [0.29, 0.717) is 17.3 Å². The normalized spacial score (nSPS) is 19.7. The smallest absolute Gasteiger partial charge is 0.134 e. The van der Waals surface area contributed by atoms with Crippen LogP contribution >= 0.6 is 0 Å². The molecule has 1 aliphatic rings. The molecular weight excluding hydrogens is 224 g/mol. The Morgan fingerprint density at radius 3 is 2.61 bits per heavy atom. The molecule has 1 aromatic rings. The van der Waals surface area contributed by atoms with Crippen molar-refractivity contribution in [3.8, 4) is 0 Å². The first-order valence-corrected chi connectivity index (χ1v) is 6.88. The third kappa shape index (κ3) is 2.92. The maximum Gasteiger partial charge on any atom is 0.134 e. The van der Waals surface area contributed by atoms with E-state index in [2.05, 4.69) is 36.1 Å². The van der Waals surface area contributed by atoms with Crippen molar-refractivity contribution in [1.82, 2.24) is 9.97 Å². The molecule has 0 atom stereocenters. The van der Waals surface area contributed by atoms with Gasteiger partial charge >= 0.3 is 0 Å². The topological polar surface area (TPSA) is 63.8 Å². The number of anilines is 2. The molecule has 0 saturated heterocycles. The van der Waals surface area contributed by atoms with Gasteiger partial charge in [0, 0.05) is 11.6 Å². The molecule has 2 rings (SSSR count). The number of nitrogens with one attached hydrogen (secondary N) is 1. The van der Waals surface area contributed by atoms with Gasteiger partial charge in [-0.1, -0.05) is 20.8 Å². The molecule has 0 amide bonds. The highest BCUT2D eigenvalue weighted by molar-refractivity contribution is 5.55. The van der Waals surface area contributed by atoms with E-state index in [1.807, 2.05) is 0 Å². The van der Waals surface area contributed by atoms with Crippen LogP contribution in [0.3, 0.4) is 0 Å². The van der Waals surface area contributed by atoms with Crippen molar-refractivity contribution in [1.29, 1.82) is 0 Å². The van der Waals surface area contributed by atoms with E-state index >= 15 is 0 Å². The van der Waals surface area contributed by atoms with Gasteiger partial charge in [0.15, 0.2) is 0 Å². The molecule has 1 saturated carbocycles. The van der Waals surface area contributed by atoms with Crippen molar-refractivity contribution in [2.24, 2.45) is 5.41 Å². The molecule has 0 unspecified atom stereocenters. The summed E-state index contributed by atoms with van der Waals surface area (Å²) in [5, 5.41) is 3.55. The van der Waals surface area contributed by atoms with E-state index in [9.17, 15) is 0 Å². The van der Waals surface area contributed by atoms with Crippen LogP contribution in [0, 0.1) is 5.41 Å². The number of rotatable bonds is 3. The van der Waals surface area contributed by atoms with Crippen LogP contribution in [-0.4, -0.2) is 16.0 Å². The molecule has 0 radical (unpaired) electrons. The van der Waals surface area contributed by atoms with E-state index in [-0.39, 0.29) is 0 Å². The van der Waals surface area contributed by atoms with Crippen LogP contribution in [0.1, 0.15) is 52.0 Å². The van der Waals surface area contributed by atoms with Crippen molar-refractivity contribution in [3.05, 3.63) is 11.9 Å². The van der Waals surface area contributed by atoms with Crippen LogP contribution < -0.4 is 11.1 Å². The number of nitrogen functional groups attached to an aromatic ring is 1.